The highest BCUT2D eigenvalue weighted by atomic mass is 16.7. The van der Waals surface area contributed by atoms with Crippen LogP contribution < -0.4 is 4.74 Å². The lowest BCUT2D eigenvalue weighted by atomic mass is 9.82. The Hall–Kier alpha value is -2.13. The Morgan fingerprint density at radius 2 is 1.52 bits per heavy atom. The van der Waals surface area contributed by atoms with Gasteiger partial charge in [-0.15, -0.1) is 0 Å². The smallest absolute Gasteiger partial charge is 0.347 e. The van der Waals surface area contributed by atoms with Crippen molar-refractivity contribution < 1.29 is 14.3 Å². The topological polar surface area (TPSA) is 38.8 Å². The first kappa shape index (κ1) is 14.5. The summed E-state index contributed by atoms with van der Waals surface area (Å²) in [5.74, 6) is 0.322. The molecule has 3 nitrogen and oxygen atoms in total. The van der Waals surface area contributed by atoms with Gasteiger partial charge in [-0.25, -0.2) is 4.79 Å². The molecule has 2 atom stereocenters. The number of benzene rings is 2. The third kappa shape index (κ3) is 2.27. The van der Waals surface area contributed by atoms with Gasteiger partial charge in [-0.3, -0.25) is 0 Å². The summed E-state index contributed by atoms with van der Waals surface area (Å²) >= 11 is 0. The van der Waals surface area contributed by atoms with Crippen molar-refractivity contribution in [2.24, 2.45) is 0 Å². The van der Waals surface area contributed by atoms with Crippen molar-refractivity contribution >= 4 is 5.97 Å². The van der Waals surface area contributed by atoms with Crippen LogP contribution in [0.15, 0.2) is 60.7 Å². The summed E-state index contributed by atoms with van der Waals surface area (Å²) in [5, 5.41) is 0. The van der Waals surface area contributed by atoms with E-state index in [2.05, 4.69) is 12.1 Å². The van der Waals surface area contributed by atoms with Gasteiger partial charge in [-0.05, 0) is 37.0 Å². The van der Waals surface area contributed by atoms with Crippen LogP contribution in [0.1, 0.15) is 37.7 Å². The Bertz CT molecular complexity index is 697. The van der Waals surface area contributed by atoms with Crippen LogP contribution in [-0.2, 0) is 15.1 Å². The molecule has 2 aromatic rings. The Morgan fingerprint density at radius 1 is 0.870 bits per heavy atom. The molecule has 0 amide bonds. The molecule has 23 heavy (non-hydrogen) atoms. The SMILES string of the molecule is O=C(Oc1ccccc1)C12CCCCCC1(c1ccccc1)O2. The maximum absolute atomic E-state index is 12.9. The minimum atomic E-state index is -0.819. The molecule has 3 heteroatoms. The number of epoxide rings is 1. The zero-order chi connectivity index (χ0) is 15.8. The molecule has 2 aliphatic rings. The molecule has 0 bridgehead atoms. The van der Waals surface area contributed by atoms with Crippen LogP contribution in [0, 0.1) is 0 Å². The molecular formula is C20H20O3. The van der Waals surface area contributed by atoms with Crippen LogP contribution in [0.5, 0.6) is 5.75 Å². The zero-order valence-electron chi connectivity index (χ0n) is 13.0. The molecule has 1 aliphatic carbocycles. The molecule has 0 radical (unpaired) electrons. The summed E-state index contributed by atoms with van der Waals surface area (Å²) in [6, 6.07) is 19.4. The van der Waals surface area contributed by atoms with Crippen molar-refractivity contribution in [2.75, 3.05) is 0 Å². The number of carbonyl (C=O) groups excluding carboxylic acids is 1. The molecule has 0 spiro atoms. The maximum Gasteiger partial charge on any atom is 0.347 e. The Morgan fingerprint density at radius 3 is 2.26 bits per heavy atom. The van der Waals surface area contributed by atoms with E-state index in [1.807, 2.05) is 36.4 Å². The van der Waals surface area contributed by atoms with E-state index >= 15 is 0 Å². The molecule has 1 aliphatic heterocycles. The third-order valence-corrected chi connectivity index (χ3v) is 5.04. The normalized spacial score (nSPS) is 29.2. The minimum absolute atomic E-state index is 0.255. The fourth-order valence-electron chi connectivity index (χ4n) is 3.83. The van der Waals surface area contributed by atoms with Crippen LogP contribution >= 0.6 is 0 Å². The molecule has 1 heterocycles. The van der Waals surface area contributed by atoms with Gasteiger partial charge in [0, 0.05) is 0 Å². The number of rotatable bonds is 3. The highest BCUT2D eigenvalue weighted by Gasteiger charge is 2.75. The number of hydrogen-bond donors (Lipinski definition) is 0. The monoisotopic (exact) mass is 308 g/mol. The summed E-state index contributed by atoms with van der Waals surface area (Å²) in [6.07, 6.45) is 4.82. The number of fused-ring (bicyclic) bond motifs is 1. The van der Waals surface area contributed by atoms with Crippen LogP contribution in [0.3, 0.4) is 0 Å². The first-order valence-electron chi connectivity index (χ1n) is 8.30. The van der Waals surface area contributed by atoms with Gasteiger partial charge >= 0.3 is 5.97 Å². The molecule has 0 aromatic heterocycles. The van der Waals surface area contributed by atoms with Crippen molar-refractivity contribution in [3.63, 3.8) is 0 Å². The predicted octanol–water partition coefficient (Wildman–Crippen LogP) is 4.22. The van der Waals surface area contributed by atoms with Crippen LogP contribution in [0.2, 0.25) is 0 Å². The average molecular weight is 308 g/mol. The van der Waals surface area contributed by atoms with Gasteiger partial charge in [0.2, 0.25) is 0 Å². The van der Waals surface area contributed by atoms with Crippen molar-refractivity contribution in [3.05, 3.63) is 66.2 Å². The zero-order valence-corrected chi connectivity index (χ0v) is 13.0. The lowest BCUT2D eigenvalue weighted by Gasteiger charge is -2.17. The van der Waals surface area contributed by atoms with E-state index in [9.17, 15) is 4.79 Å². The average Bonchev–Trinajstić information content (AvgIpc) is 3.28. The van der Waals surface area contributed by atoms with Crippen molar-refractivity contribution in [1.82, 2.24) is 0 Å². The lowest BCUT2D eigenvalue weighted by Crippen LogP contribution is -2.35. The minimum Gasteiger partial charge on any atom is -0.424 e. The second-order valence-electron chi connectivity index (χ2n) is 6.39. The second kappa shape index (κ2) is 5.50. The van der Waals surface area contributed by atoms with Gasteiger partial charge in [-0.2, -0.15) is 0 Å². The molecule has 2 unspecified atom stereocenters. The van der Waals surface area contributed by atoms with E-state index in [0.29, 0.717) is 5.75 Å². The third-order valence-electron chi connectivity index (χ3n) is 5.04. The van der Waals surface area contributed by atoms with E-state index < -0.39 is 11.2 Å². The number of hydrogen-bond acceptors (Lipinski definition) is 3. The number of ether oxygens (including phenoxy) is 2. The summed E-state index contributed by atoms with van der Waals surface area (Å²) in [6.45, 7) is 0. The van der Waals surface area contributed by atoms with E-state index in [4.69, 9.17) is 9.47 Å². The number of carbonyl (C=O) groups is 1. The Balaban J connectivity index is 1.66. The van der Waals surface area contributed by atoms with E-state index in [1.165, 1.54) is 0 Å². The van der Waals surface area contributed by atoms with Gasteiger partial charge in [0.15, 0.2) is 5.60 Å². The summed E-state index contributed by atoms with van der Waals surface area (Å²) in [5.41, 5.74) is -0.232. The van der Waals surface area contributed by atoms with Crippen molar-refractivity contribution in [3.8, 4) is 5.75 Å². The summed E-state index contributed by atoms with van der Waals surface area (Å²) in [4.78, 5) is 12.9. The highest BCUT2D eigenvalue weighted by molar-refractivity contribution is 5.87. The quantitative estimate of drug-likeness (QED) is 0.484. The first-order valence-corrected chi connectivity index (χ1v) is 8.30. The largest absolute Gasteiger partial charge is 0.424 e. The molecule has 1 saturated heterocycles. The van der Waals surface area contributed by atoms with E-state index in [-0.39, 0.29) is 5.97 Å². The lowest BCUT2D eigenvalue weighted by molar-refractivity contribution is -0.140. The van der Waals surface area contributed by atoms with Crippen LogP contribution in [0.4, 0.5) is 0 Å². The first-order chi connectivity index (χ1) is 11.3. The van der Waals surface area contributed by atoms with E-state index in [0.717, 1.165) is 37.7 Å². The molecule has 2 aromatic carbocycles. The molecule has 0 N–H and O–H groups in total. The predicted molar refractivity (Wildman–Crippen MR) is 87.1 cm³/mol. The standard InChI is InChI=1S/C20H20O3/c21-18(22-17-12-6-2-7-13-17)20-15-9-3-8-14-19(20,23-20)16-10-4-1-5-11-16/h1-2,4-7,10-13H,3,8-9,14-15H2. The van der Waals surface area contributed by atoms with E-state index in [1.54, 1.807) is 12.1 Å². The summed E-state index contributed by atoms with van der Waals surface area (Å²) < 4.78 is 11.8. The molecule has 1 saturated carbocycles. The number of esters is 1. The Kier molecular flexibility index (Phi) is 3.46. The van der Waals surface area contributed by atoms with Gasteiger partial charge in [-0.1, -0.05) is 61.4 Å². The van der Waals surface area contributed by atoms with Crippen LogP contribution in [0.25, 0.3) is 0 Å². The summed E-state index contributed by atoms with van der Waals surface area (Å²) in [7, 11) is 0. The fraction of sp³-hybridized carbons (Fsp3) is 0.350. The molecular weight excluding hydrogens is 288 g/mol. The van der Waals surface area contributed by atoms with Gasteiger partial charge < -0.3 is 9.47 Å². The van der Waals surface area contributed by atoms with Crippen molar-refractivity contribution in [2.45, 2.75) is 43.3 Å². The molecule has 4 rings (SSSR count). The van der Waals surface area contributed by atoms with Crippen LogP contribution in [-0.4, -0.2) is 11.6 Å². The fourth-order valence-corrected chi connectivity index (χ4v) is 3.83. The second-order valence-corrected chi connectivity index (χ2v) is 6.39. The van der Waals surface area contributed by atoms with Crippen molar-refractivity contribution in [1.29, 1.82) is 0 Å². The molecule has 118 valence electrons. The maximum atomic E-state index is 12.9. The molecule has 2 fully saturated rings. The highest BCUT2D eigenvalue weighted by Crippen LogP contribution is 2.63. The van der Waals surface area contributed by atoms with Gasteiger partial charge in [0.05, 0.1) is 0 Å². The Labute approximate surface area is 136 Å². The van der Waals surface area contributed by atoms with Gasteiger partial charge in [0.1, 0.15) is 11.4 Å². The number of para-hydroxylation sites is 1. The van der Waals surface area contributed by atoms with Gasteiger partial charge in [0.25, 0.3) is 0 Å².